The molecule has 0 amide bonds. The SMILES string of the molecule is COc1ccc(C(=O)OCc2cc(C)on2)cc1Br. The van der Waals surface area contributed by atoms with Gasteiger partial charge in [-0.15, -0.1) is 0 Å². The van der Waals surface area contributed by atoms with Crippen molar-refractivity contribution in [3.05, 3.63) is 45.8 Å². The van der Waals surface area contributed by atoms with E-state index in [0.717, 1.165) is 0 Å². The first kappa shape index (κ1) is 13.6. The van der Waals surface area contributed by atoms with Crippen LogP contribution in [0.3, 0.4) is 0 Å². The molecule has 1 aromatic carbocycles. The average molecular weight is 326 g/mol. The Morgan fingerprint density at radius 3 is 2.79 bits per heavy atom. The maximum Gasteiger partial charge on any atom is 0.338 e. The summed E-state index contributed by atoms with van der Waals surface area (Å²) >= 11 is 3.31. The van der Waals surface area contributed by atoms with Crippen molar-refractivity contribution < 1.29 is 18.8 Å². The lowest BCUT2D eigenvalue weighted by Crippen LogP contribution is -2.05. The number of carbonyl (C=O) groups excluding carboxylic acids is 1. The second kappa shape index (κ2) is 5.88. The highest BCUT2D eigenvalue weighted by Crippen LogP contribution is 2.25. The summed E-state index contributed by atoms with van der Waals surface area (Å²) in [6.07, 6.45) is 0. The monoisotopic (exact) mass is 325 g/mol. The molecule has 0 radical (unpaired) electrons. The number of hydrogen-bond acceptors (Lipinski definition) is 5. The zero-order valence-corrected chi connectivity index (χ0v) is 12.1. The molecule has 0 spiro atoms. The van der Waals surface area contributed by atoms with Crippen molar-refractivity contribution >= 4 is 21.9 Å². The summed E-state index contributed by atoms with van der Waals surface area (Å²) in [6, 6.07) is 6.70. The Labute approximate surface area is 118 Å². The minimum atomic E-state index is -0.427. The number of aromatic nitrogens is 1. The predicted molar refractivity (Wildman–Crippen MR) is 71.1 cm³/mol. The van der Waals surface area contributed by atoms with Crippen molar-refractivity contribution in [2.75, 3.05) is 7.11 Å². The van der Waals surface area contributed by atoms with E-state index in [0.29, 0.717) is 27.2 Å². The Bertz CT molecular complexity index is 594. The van der Waals surface area contributed by atoms with Crippen LogP contribution in [0.15, 0.2) is 33.3 Å². The first-order chi connectivity index (χ1) is 9.10. The van der Waals surface area contributed by atoms with Gasteiger partial charge >= 0.3 is 5.97 Å². The largest absolute Gasteiger partial charge is 0.496 e. The molecular formula is C13H12BrNO4. The normalized spacial score (nSPS) is 10.3. The fourth-order valence-electron chi connectivity index (χ4n) is 1.50. The minimum absolute atomic E-state index is 0.0832. The molecule has 6 heteroatoms. The van der Waals surface area contributed by atoms with E-state index in [2.05, 4.69) is 21.1 Å². The van der Waals surface area contributed by atoms with Crippen LogP contribution < -0.4 is 4.74 Å². The van der Waals surface area contributed by atoms with E-state index in [1.54, 1.807) is 38.3 Å². The summed E-state index contributed by atoms with van der Waals surface area (Å²) in [5, 5.41) is 3.74. The molecule has 5 nitrogen and oxygen atoms in total. The van der Waals surface area contributed by atoms with Crippen LogP contribution in [0.25, 0.3) is 0 Å². The molecule has 0 aliphatic rings. The first-order valence-corrected chi connectivity index (χ1v) is 6.32. The zero-order valence-electron chi connectivity index (χ0n) is 10.5. The molecule has 0 saturated carbocycles. The number of halogens is 1. The topological polar surface area (TPSA) is 61.6 Å². The molecule has 100 valence electrons. The van der Waals surface area contributed by atoms with E-state index >= 15 is 0 Å². The van der Waals surface area contributed by atoms with Gasteiger partial charge in [0.2, 0.25) is 0 Å². The number of hydrogen-bond donors (Lipinski definition) is 0. The van der Waals surface area contributed by atoms with Gasteiger partial charge in [-0.1, -0.05) is 5.16 Å². The molecule has 0 atom stereocenters. The van der Waals surface area contributed by atoms with Gasteiger partial charge in [-0.25, -0.2) is 4.79 Å². The van der Waals surface area contributed by atoms with Crippen molar-refractivity contribution in [2.24, 2.45) is 0 Å². The summed E-state index contributed by atoms with van der Waals surface area (Å²) in [6.45, 7) is 1.86. The molecule has 1 aromatic heterocycles. The molecule has 0 N–H and O–H groups in total. The fourth-order valence-corrected chi connectivity index (χ4v) is 2.04. The Balaban J connectivity index is 2.01. The number of carbonyl (C=O) groups is 1. The molecule has 19 heavy (non-hydrogen) atoms. The van der Waals surface area contributed by atoms with E-state index in [1.807, 2.05) is 0 Å². The maximum atomic E-state index is 11.8. The number of rotatable bonds is 4. The van der Waals surface area contributed by atoms with Gasteiger partial charge in [-0.3, -0.25) is 0 Å². The first-order valence-electron chi connectivity index (χ1n) is 5.53. The summed E-state index contributed by atoms with van der Waals surface area (Å²) in [4.78, 5) is 11.8. The predicted octanol–water partition coefficient (Wildman–Crippen LogP) is 3.11. The summed E-state index contributed by atoms with van der Waals surface area (Å²) in [7, 11) is 1.56. The Morgan fingerprint density at radius 1 is 1.42 bits per heavy atom. The van der Waals surface area contributed by atoms with Crippen LogP contribution in [-0.2, 0) is 11.3 Å². The van der Waals surface area contributed by atoms with Crippen LogP contribution >= 0.6 is 15.9 Å². The fraction of sp³-hybridized carbons (Fsp3) is 0.231. The van der Waals surface area contributed by atoms with Gasteiger partial charge in [0.05, 0.1) is 17.1 Å². The lowest BCUT2D eigenvalue weighted by atomic mass is 10.2. The molecule has 0 aliphatic carbocycles. The van der Waals surface area contributed by atoms with Crippen molar-refractivity contribution in [3.63, 3.8) is 0 Å². The Morgan fingerprint density at radius 2 is 2.21 bits per heavy atom. The number of esters is 1. The van der Waals surface area contributed by atoms with Crippen molar-refractivity contribution in [1.82, 2.24) is 5.16 Å². The lowest BCUT2D eigenvalue weighted by Gasteiger charge is -2.06. The number of benzene rings is 1. The highest BCUT2D eigenvalue weighted by molar-refractivity contribution is 9.10. The van der Waals surface area contributed by atoms with Gasteiger partial charge in [0.25, 0.3) is 0 Å². The summed E-state index contributed by atoms with van der Waals surface area (Å²) in [5.74, 6) is 0.908. The Hall–Kier alpha value is -1.82. The average Bonchev–Trinajstić information content (AvgIpc) is 2.81. The minimum Gasteiger partial charge on any atom is -0.496 e. The third-order valence-corrected chi connectivity index (χ3v) is 3.04. The van der Waals surface area contributed by atoms with E-state index in [9.17, 15) is 4.79 Å². The number of ether oxygens (including phenoxy) is 2. The zero-order chi connectivity index (χ0) is 13.8. The van der Waals surface area contributed by atoms with Crippen LogP contribution in [-0.4, -0.2) is 18.2 Å². The molecule has 0 aliphatic heterocycles. The summed E-state index contributed by atoms with van der Waals surface area (Å²) in [5.41, 5.74) is 1.02. The summed E-state index contributed by atoms with van der Waals surface area (Å²) < 4.78 is 15.8. The highest BCUT2D eigenvalue weighted by atomic mass is 79.9. The van der Waals surface area contributed by atoms with Gasteiger partial charge in [-0.05, 0) is 41.1 Å². The molecule has 2 aromatic rings. The van der Waals surface area contributed by atoms with Gasteiger partial charge in [0.15, 0.2) is 0 Å². The molecule has 1 heterocycles. The standard InChI is InChI=1S/C13H12BrNO4/c1-8-5-10(15-19-8)7-18-13(16)9-3-4-12(17-2)11(14)6-9/h3-6H,7H2,1-2H3. The molecule has 0 unspecified atom stereocenters. The van der Waals surface area contributed by atoms with Crippen LogP contribution in [0.2, 0.25) is 0 Å². The lowest BCUT2D eigenvalue weighted by molar-refractivity contribution is 0.0464. The number of nitrogens with zero attached hydrogens (tertiary/aromatic N) is 1. The van der Waals surface area contributed by atoms with Crippen LogP contribution in [0.4, 0.5) is 0 Å². The van der Waals surface area contributed by atoms with Gasteiger partial charge in [0.1, 0.15) is 23.8 Å². The number of aryl methyl sites for hydroxylation is 1. The third kappa shape index (κ3) is 3.35. The number of methoxy groups -OCH3 is 1. The van der Waals surface area contributed by atoms with Crippen molar-refractivity contribution in [2.45, 2.75) is 13.5 Å². The van der Waals surface area contributed by atoms with E-state index < -0.39 is 5.97 Å². The molecular weight excluding hydrogens is 314 g/mol. The van der Waals surface area contributed by atoms with Gasteiger partial charge in [-0.2, -0.15) is 0 Å². The molecule has 0 fully saturated rings. The highest BCUT2D eigenvalue weighted by Gasteiger charge is 2.11. The second-order valence-electron chi connectivity index (χ2n) is 3.85. The third-order valence-electron chi connectivity index (χ3n) is 2.42. The molecule has 2 rings (SSSR count). The molecule has 0 bridgehead atoms. The van der Waals surface area contributed by atoms with Gasteiger partial charge in [0, 0.05) is 6.07 Å². The van der Waals surface area contributed by atoms with Crippen LogP contribution in [0, 0.1) is 6.92 Å². The van der Waals surface area contributed by atoms with E-state index in [1.165, 1.54) is 0 Å². The van der Waals surface area contributed by atoms with E-state index in [-0.39, 0.29) is 6.61 Å². The van der Waals surface area contributed by atoms with Crippen LogP contribution in [0.1, 0.15) is 21.8 Å². The Kier molecular flexibility index (Phi) is 4.21. The van der Waals surface area contributed by atoms with Crippen molar-refractivity contribution in [1.29, 1.82) is 0 Å². The smallest absolute Gasteiger partial charge is 0.338 e. The maximum absolute atomic E-state index is 11.8. The van der Waals surface area contributed by atoms with Gasteiger partial charge < -0.3 is 14.0 Å². The van der Waals surface area contributed by atoms with Crippen LogP contribution in [0.5, 0.6) is 5.75 Å². The van der Waals surface area contributed by atoms with E-state index in [4.69, 9.17) is 14.0 Å². The van der Waals surface area contributed by atoms with Crippen molar-refractivity contribution in [3.8, 4) is 5.75 Å². The molecule has 0 saturated heterocycles. The second-order valence-corrected chi connectivity index (χ2v) is 4.71. The quantitative estimate of drug-likeness (QED) is 0.808.